The van der Waals surface area contributed by atoms with Gasteiger partial charge in [-0.2, -0.15) is 0 Å². The molecule has 0 amide bonds. The minimum absolute atomic E-state index is 0.0843. The van der Waals surface area contributed by atoms with E-state index in [0.717, 1.165) is 33.3 Å². The van der Waals surface area contributed by atoms with Gasteiger partial charge >= 0.3 is 5.97 Å². The van der Waals surface area contributed by atoms with Crippen molar-refractivity contribution in [2.45, 2.75) is 39.5 Å². The van der Waals surface area contributed by atoms with E-state index in [4.69, 9.17) is 9.84 Å². The van der Waals surface area contributed by atoms with Gasteiger partial charge in [-0.15, -0.1) is 11.3 Å². The molecule has 156 valence electrons. The largest absolute Gasteiger partial charge is 0.491 e. The van der Waals surface area contributed by atoms with E-state index in [0.29, 0.717) is 6.54 Å². The van der Waals surface area contributed by atoms with Crippen LogP contribution in [0.15, 0.2) is 54.7 Å². The SMILES string of the molecule is CC(C)Oc1ccc(-c2cnc(-c3ccc(CN4CC(C(=O)O)C4C)cc3)s2)cc1. The van der Waals surface area contributed by atoms with Crippen LogP contribution in [0.3, 0.4) is 0 Å². The van der Waals surface area contributed by atoms with E-state index >= 15 is 0 Å². The molecule has 0 aliphatic carbocycles. The van der Waals surface area contributed by atoms with E-state index in [2.05, 4.69) is 46.3 Å². The summed E-state index contributed by atoms with van der Waals surface area (Å²) in [6.45, 7) is 7.42. The van der Waals surface area contributed by atoms with Crippen molar-refractivity contribution in [3.8, 4) is 26.8 Å². The summed E-state index contributed by atoms with van der Waals surface area (Å²) >= 11 is 1.67. The Morgan fingerprint density at radius 1 is 1.17 bits per heavy atom. The zero-order chi connectivity index (χ0) is 21.3. The summed E-state index contributed by atoms with van der Waals surface area (Å²) in [7, 11) is 0. The van der Waals surface area contributed by atoms with E-state index in [1.54, 1.807) is 11.3 Å². The van der Waals surface area contributed by atoms with E-state index in [-0.39, 0.29) is 18.1 Å². The zero-order valence-electron chi connectivity index (χ0n) is 17.4. The lowest BCUT2D eigenvalue weighted by Crippen LogP contribution is -2.56. The summed E-state index contributed by atoms with van der Waals surface area (Å²) in [5.74, 6) is -0.0694. The van der Waals surface area contributed by atoms with Gasteiger partial charge in [-0.1, -0.05) is 24.3 Å². The quantitative estimate of drug-likeness (QED) is 0.569. The lowest BCUT2D eigenvalue weighted by atomic mass is 9.89. The molecule has 1 N–H and O–H groups in total. The van der Waals surface area contributed by atoms with Crippen LogP contribution in [0, 0.1) is 5.92 Å². The molecule has 30 heavy (non-hydrogen) atoms. The van der Waals surface area contributed by atoms with Crippen LogP contribution in [0.25, 0.3) is 21.0 Å². The fourth-order valence-electron chi connectivity index (χ4n) is 3.68. The number of hydrogen-bond acceptors (Lipinski definition) is 5. The first-order valence-electron chi connectivity index (χ1n) is 10.2. The molecule has 1 saturated heterocycles. The number of benzene rings is 2. The maximum atomic E-state index is 11.1. The molecule has 2 atom stereocenters. The molecular weight excluding hydrogens is 396 g/mol. The zero-order valence-corrected chi connectivity index (χ0v) is 18.2. The molecule has 1 aliphatic rings. The number of aromatic nitrogens is 1. The number of carbonyl (C=O) groups is 1. The van der Waals surface area contributed by atoms with Crippen molar-refractivity contribution in [1.29, 1.82) is 0 Å². The summed E-state index contributed by atoms with van der Waals surface area (Å²) in [5, 5.41) is 10.1. The third kappa shape index (κ3) is 4.40. The second-order valence-electron chi connectivity index (χ2n) is 8.03. The first-order chi connectivity index (χ1) is 14.4. The first kappa shape index (κ1) is 20.6. The van der Waals surface area contributed by atoms with Gasteiger partial charge in [0.2, 0.25) is 0 Å². The normalized spacial score (nSPS) is 18.9. The number of carboxylic acid groups (broad SMARTS) is 1. The van der Waals surface area contributed by atoms with Gasteiger partial charge in [0.1, 0.15) is 10.8 Å². The molecule has 0 spiro atoms. The third-order valence-corrected chi connectivity index (χ3v) is 6.61. The molecule has 2 unspecified atom stereocenters. The Morgan fingerprint density at radius 2 is 1.83 bits per heavy atom. The Balaban J connectivity index is 1.41. The van der Waals surface area contributed by atoms with E-state index < -0.39 is 5.97 Å². The van der Waals surface area contributed by atoms with Gasteiger partial charge in [0, 0.05) is 30.9 Å². The summed E-state index contributed by atoms with van der Waals surface area (Å²) in [4.78, 5) is 19.0. The van der Waals surface area contributed by atoms with Crippen LogP contribution < -0.4 is 4.74 Å². The molecule has 1 aliphatic heterocycles. The maximum Gasteiger partial charge on any atom is 0.309 e. The monoisotopic (exact) mass is 422 g/mol. The van der Waals surface area contributed by atoms with Gasteiger partial charge in [-0.05, 0) is 56.2 Å². The predicted octanol–water partition coefficient (Wildman–Crippen LogP) is 5.17. The molecule has 5 nitrogen and oxygen atoms in total. The van der Waals surface area contributed by atoms with Gasteiger partial charge in [0.25, 0.3) is 0 Å². The summed E-state index contributed by atoms with van der Waals surface area (Å²) < 4.78 is 5.71. The summed E-state index contributed by atoms with van der Waals surface area (Å²) in [5.41, 5.74) is 3.41. The minimum atomic E-state index is -0.698. The van der Waals surface area contributed by atoms with Gasteiger partial charge in [0.15, 0.2) is 0 Å². The molecule has 2 aromatic carbocycles. The van der Waals surface area contributed by atoms with Crippen LogP contribution in [0.4, 0.5) is 0 Å². The number of carboxylic acids is 1. The minimum Gasteiger partial charge on any atom is -0.491 e. The number of thiazole rings is 1. The highest BCUT2D eigenvalue weighted by molar-refractivity contribution is 7.18. The molecule has 0 radical (unpaired) electrons. The fourth-order valence-corrected chi connectivity index (χ4v) is 4.61. The highest BCUT2D eigenvalue weighted by atomic mass is 32.1. The standard InChI is InChI=1S/C24H26N2O3S/c1-15(2)29-20-10-8-18(9-11-20)22-12-25-23(30-22)19-6-4-17(5-7-19)13-26-14-21(16(26)3)24(27)28/h4-12,15-16,21H,13-14H2,1-3H3,(H,27,28). The topological polar surface area (TPSA) is 62.7 Å². The maximum absolute atomic E-state index is 11.1. The fraction of sp³-hybridized carbons (Fsp3) is 0.333. The first-order valence-corrected chi connectivity index (χ1v) is 11.0. The molecule has 4 rings (SSSR count). The Bertz CT molecular complexity index is 1010. The van der Waals surface area contributed by atoms with Crippen molar-refractivity contribution in [3.05, 3.63) is 60.3 Å². The molecule has 6 heteroatoms. The van der Waals surface area contributed by atoms with Gasteiger partial charge < -0.3 is 9.84 Å². The highest BCUT2D eigenvalue weighted by Gasteiger charge is 2.40. The van der Waals surface area contributed by atoms with Crippen molar-refractivity contribution < 1.29 is 14.6 Å². The van der Waals surface area contributed by atoms with Gasteiger partial charge in [-0.25, -0.2) is 4.98 Å². The average molecular weight is 423 g/mol. The van der Waals surface area contributed by atoms with Crippen LogP contribution >= 0.6 is 11.3 Å². The lowest BCUT2D eigenvalue weighted by Gasteiger charge is -2.44. The Hall–Kier alpha value is -2.70. The van der Waals surface area contributed by atoms with Crippen LogP contribution in [0.1, 0.15) is 26.3 Å². The van der Waals surface area contributed by atoms with Crippen molar-refractivity contribution in [2.75, 3.05) is 6.54 Å². The smallest absolute Gasteiger partial charge is 0.309 e. The van der Waals surface area contributed by atoms with Crippen LogP contribution in [-0.4, -0.2) is 39.7 Å². The Labute approximate surface area is 181 Å². The molecule has 0 bridgehead atoms. The van der Waals surface area contributed by atoms with E-state index in [1.165, 1.54) is 5.56 Å². The van der Waals surface area contributed by atoms with Crippen LogP contribution in [-0.2, 0) is 11.3 Å². The second kappa shape index (κ2) is 8.58. The number of nitrogens with zero attached hydrogens (tertiary/aromatic N) is 2. The average Bonchev–Trinajstić information content (AvgIpc) is 3.21. The number of rotatable bonds is 7. The van der Waals surface area contributed by atoms with Crippen LogP contribution in [0.2, 0.25) is 0 Å². The van der Waals surface area contributed by atoms with Crippen molar-refractivity contribution in [2.24, 2.45) is 5.92 Å². The summed E-state index contributed by atoms with van der Waals surface area (Å²) in [6, 6.07) is 16.6. The third-order valence-electron chi connectivity index (χ3n) is 5.51. The van der Waals surface area contributed by atoms with E-state index in [9.17, 15) is 4.79 Å². The molecule has 2 heterocycles. The second-order valence-corrected chi connectivity index (χ2v) is 9.06. The van der Waals surface area contributed by atoms with Gasteiger partial charge in [-0.3, -0.25) is 9.69 Å². The summed E-state index contributed by atoms with van der Waals surface area (Å²) in [6.07, 6.45) is 2.08. The number of aliphatic carboxylic acids is 1. The van der Waals surface area contributed by atoms with Crippen molar-refractivity contribution in [3.63, 3.8) is 0 Å². The Morgan fingerprint density at radius 3 is 2.43 bits per heavy atom. The molecular formula is C24H26N2O3S. The van der Waals surface area contributed by atoms with Crippen LogP contribution in [0.5, 0.6) is 5.75 Å². The molecule has 0 saturated carbocycles. The molecule has 3 aromatic rings. The highest BCUT2D eigenvalue weighted by Crippen LogP contribution is 2.33. The van der Waals surface area contributed by atoms with Gasteiger partial charge in [0.05, 0.1) is 16.9 Å². The predicted molar refractivity (Wildman–Crippen MR) is 120 cm³/mol. The van der Waals surface area contributed by atoms with E-state index in [1.807, 2.05) is 39.1 Å². The Kier molecular flexibility index (Phi) is 5.88. The number of likely N-dealkylation sites (tertiary alicyclic amines) is 1. The molecule has 1 aromatic heterocycles. The lowest BCUT2D eigenvalue weighted by molar-refractivity contribution is -0.152. The van der Waals surface area contributed by atoms with Crippen molar-refractivity contribution in [1.82, 2.24) is 9.88 Å². The molecule has 1 fully saturated rings. The van der Waals surface area contributed by atoms with Crippen molar-refractivity contribution >= 4 is 17.3 Å². The number of ether oxygens (including phenoxy) is 1. The number of hydrogen-bond donors (Lipinski definition) is 1.